The van der Waals surface area contributed by atoms with E-state index in [-0.39, 0.29) is 0 Å². The topological polar surface area (TPSA) is 64.7 Å². The molecule has 2 aromatic carbocycles. The van der Waals surface area contributed by atoms with E-state index in [2.05, 4.69) is 26.2 Å². The molecule has 2 heterocycles. The summed E-state index contributed by atoms with van der Waals surface area (Å²) in [5, 5.41) is 8.23. The molecular weight excluding hydrogens is 332 g/mol. The minimum Gasteiger partial charge on any atom is -0.415 e. The van der Waals surface area contributed by atoms with E-state index >= 15 is 0 Å². The SMILES string of the molecule is CSc1ccccc1-c1cncc(-c2nnc(-c3ccccc3)o2)n1. The molecule has 122 valence electrons. The highest BCUT2D eigenvalue weighted by Gasteiger charge is 2.14. The van der Waals surface area contributed by atoms with E-state index < -0.39 is 0 Å². The van der Waals surface area contributed by atoms with Crippen LogP contribution in [0.15, 0.2) is 76.3 Å². The maximum Gasteiger partial charge on any atom is 0.268 e. The molecular formula is C19H14N4OS. The van der Waals surface area contributed by atoms with Gasteiger partial charge in [0.2, 0.25) is 5.89 Å². The van der Waals surface area contributed by atoms with E-state index in [1.165, 1.54) is 0 Å². The molecule has 25 heavy (non-hydrogen) atoms. The quantitative estimate of drug-likeness (QED) is 0.504. The Morgan fingerprint density at radius 2 is 1.52 bits per heavy atom. The van der Waals surface area contributed by atoms with Crippen LogP contribution < -0.4 is 0 Å². The van der Waals surface area contributed by atoms with Gasteiger partial charge in [-0.05, 0) is 24.5 Å². The molecule has 0 aliphatic heterocycles. The van der Waals surface area contributed by atoms with Gasteiger partial charge in [-0.1, -0.05) is 36.4 Å². The lowest BCUT2D eigenvalue weighted by atomic mass is 10.1. The van der Waals surface area contributed by atoms with Gasteiger partial charge in [0, 0.05) is 16.0 Å². The van der Waals surface area contributed by atoms with E-state index in [1.54, 1.807) is 24.2 Å². The second-order valence-corrected chi connectivity index (χ2v) is 6.12. The summed E-state index contributed by atoms with van der Waals surface area (Å²) in [6.45, 7) is 0. The molecule has 0 atom stereocenters. The number of benzene rings is 2. The first kappa shape index (κ1) is 15.5. The number of thioether (sulfide) groups is 1. The predicted molar refractivity (Wildman–Crippen MR) is 98.0 cm³/mol. The summed E-state index contributed by atoms with van der Waals surface area (Å²) >= 11 is 1.67. The first-order chi connectivity index (χ1) is 12.3. The molecule has 0 amide bonds. The molecule has 6 heteroatoms. The van der Waals surface area contributed by atoms with Crippen molar-refractivity contribution in [1.82, 2.24) is 20.2 Å². The molecule has 0 bridgehead atoms. The molecule has 0 unspecified atom stereocenters. The number of nitrogens with zero attached hydrogens (tertiary/aromatic N) is 4. The third kappa shape index (κ3) is 3.16. The Morgan fingerprint density at radius 3 is 2.36 bits per heavy atom. The summed E-state index contributed by atoms with van der Waals surface area (Å²) in [7, 11) is 0. The van der Waals surface area contributed by atoms with Gasteiger partial charge in [-0.15, -0.1) is 22.0 Å². The minimum absolute atomic E-state index is 0.356. The second-order valence-electron chi connectivity index (χ2n) is 5.27. The van der Waals surface area contributed by atoms with Crippen LogP contribution in [0.2, 0.25) is 0 Å². The Bertz CT molecular complexity index is 1000. The van der Waals surface area contributed by atoms with Crippen LogP contribution in [0, 0.1) is 0 Å². The van der Waals surface area contributed by atoms with Crippen molar-refractivity contribution in [2.24, 2.45) is 0 Å². The van der Waals surface area contributed by atoms with Gasteiger partial charge in [0.1, 0.15) is 5.69 Å². The van der Waals surface area contributed by atoms with Crippen molar-refractivity contribution in [3.63, 3.8) is 0 Å². The number of hydrogen-bond acceptors (Lipinski definition) is 6. The largest absolute Gasteiger partial charge is 0.415 e. The first-order valence-corrected chi connectivity index (χ1v) is 8.92. The minimum atomic E-state index is 0.356. The van der Waals surface area contributed by atoms with Crippen LogP contribution in [0.3, 0.4) is 0 Å². The zero-order chi connectivity index (χ0) is 17.1. The fourth-order valence-electron chi connectivity index (χ4n) is 2.48. The highest BCUT2D eigenvalue weighted by atomic mass is 32.2. The second kappa shape index (κ2) is 6.86. The lowest BCUT2D eigenvalue weighted by molar-refractivity contribution is 0.582. The normalized spacial score (nSPS) is 10.8. The highest BCUT2D eigenvalue weighted by molar-refractivity contribution is 7.98. The maximum atomic E-state index is 5.77. The van der Waals surface area contributed by atoms with Crippen LogP contribution in [0.4, 0.5) is 0 Å². The molecule has 0 aliphatic carbocycles. The molecule has 0 N–H and O–H groups in total. The number of aromatic nitrogens is 4. The summed E-state index contributed by atoms with van der Waals surface area (Å²) in [6.07, 6.45) is 5.42. The van der Waals surface area contributed by atoms with Crippen molar-refractivity contribution in [3.8, 4) is 34.3 Å². The molecule has 4 aromatic rings. The van der Waals surface area contributed by atoms with Crippen LogP contribution in [-0.4, -0.2) is 26.4 Å². The Kier molecular flexibility index (Phi) is 4.26. The van der Waals surface area contributed by atoms with E-state index in [1.807, 2.05) is 54.8 Å². The van der Waals surface area contributed by atoms with Crippen molar-refractivity contribution in [3.05, 3.63) is 67.0 Å². The smallest absolute Gasteiger partial charge is 0.268 e. The van der Waals surface area contributed by atoms with Gasteiger partial charge in [-0.3, -0.25) is 4.98 Å². The highest BCUT2D eigenvalue weighted by Crippen LogP contribution is 2.30. The zero-order valence-electron chi connectivity index (χ0n) is 13.5. The van der Waals surface area contributed by atoms with Crippen LogP contribution in [-0.2, 0) is 0 Å². The van der Waals surface area contributed by atoms with E-state index in [4.69, 9.17) is 4.42 Å². The van der Waals surface area contributed by atoms with Gasteiger partial charge in [-0.25, -0.2) is 4.98 Å². The molecule has 2 aromatic heterocycles. The van der Waals surface area contributed by atoms with Gasteiger partial charge < -0.3 is 4.42 Å². The Morgan fingerprint density at radius 1 is 0.800 bits per heavy atom. The van der Waals surface area contributed by atoms with Crippen LogP contribution in [0.5, 0.6) is 0 Å². The first-order valence-electron chi connectivity index (χ1n) is 7.70. The van der Waals surface area contributed by atoms with E-state index in [0.29, 0.717) is 17.5 Å². The van der Waals surface area contributed by atoms with E-state index in [9.17, 15) is 0 Å². The fraction of sp³-hybridized carbons (Fsp3) is 0.0526. The lowest BCUT2D eigenvalue weighted by Crippen LogP contribution is -1.91. The van der Waals surface area contributed by atoms with Crippen molar-refractivity contribution >= 4 is 11.8 Å². The molecule has 5 nitrogen and oxygen atoms in total. The van der Waals surface area contributed by atoms with Gasteiger partial charge in [-0.2, -0.15) is 0 Å². The zero-order valence-corrected chi connectivity index (χ0v) is 14.3. The summed E-state index contributed by atoms with van der Waals surface area (Å²) < 4.78 is 5.77. The predicted octanol–water partition coefficient (Wildman–Crippen LogP) is 4.58. The van der Waals surface area contributed by atoms with Gasteiger partial charge in [0.05, 0.1) is 18.1 Å². The van der Waals surface area contributed by atoms with Crippen LogP contribution in [0.25, 0.3) is 34.3 Å². The molecule has 0 spiro atoms. The van der Waals surface area contributed by atoms with Crippen molar-refractivity contribution in [2.75, 3.05) is 6.26 Å². The molecule has 0 aliphatic rings. The lowest BCUT2D eigenvalue weighted by Gasteiger charge is -2.06. The molecule has 0 saturated carbocycles. The maximum absolute atomic E-state index is 5.77. The summed E-state index contributed by atoms with van der Waals surface area (Å²) in [5.74, 6) is 0.821. The Hall–Kier alpha value is -2.99. The number of hydrogen-bond donors (Lipinski definition) is 0. The van der Waals surface area contributed by atoms with Crippen LogP contribution in [0.1, 0.15) is 0 Å². The molecule has 0 radical (unpaired) electrons. The van der Waals surface area contributed by atoms with E-state index in [0.717, 1.165) is 21.7 Å². The fourth-order valence-corrected chi connectivity index (χ4v) is 3.09. The Labute approximate surface area is 149 Å². The Balaban J connectivity index is 1.72. The summed E-state index contributed by atoms with van der Waals surface area (Å²) in [6, 6.07) is 17.7. The number of rotatable bonds is 4. The van der Waals surface area contributed by atoms with Gasteiger partial charge in [0.25, 0.3) is 5.89 Å². The average Bonchev–Trinajstić information content (AvgIpc) is 3.19. The van der Waals surface area contributed by atoms with Gasteiger partial charge in [0.15, 0.2) is 0 Å². The molecule has 0 fully saturated rings. The van der Waals surface area contributed by atoms with Crippen LogP contribution >= 0.6 is 11.8 Å². The average molecular weight is 346 g/mol. The van der Waals surface area contributed by atoms with Gasteiger partial charge >= 0.3 is 0 Å². The molecule has 0 saturated heterocycles. The van der Waals surface area contributed by atoms with Crippen molar-refractivity contribution < 1.29 is 4.42 Å². The monoisotopic (exact) mass is 346 g/mol. The summed E-state index contributed by atoms with van der Waals surface area (Å²) in [4.78, 5) is 10.1. The molecule has 4 rings (SSSR count). The van der Waals surface area contributed by atoms with Crippen molar-refractivity contribution in [2.45, 2.75) is 4.90 Å². The standard InChI is InChI=1S/C19H14N4OS/c1-25-17-10-6-5-9-14(17)15-11-20-12-16(21-15)19-23-22-18(24-19)13-7-3-2-4-8-13/h2-12H,1H3. The third-order valence-corrected chi connectivity index (χ3v) is 4.48. The third-order valence-electron chi connectivity index (χ3n) is 3.68. The summed E-state index contributed by atoms with van der Waals surface area (Å²) in [5.41, 5.74) is 3.25. The van der Waals surface area contributed by atoms with Crippen molar-refractivity contribution in [1.29, 1.82) is 0 Å².